The summed E-state index contributed by atoms with van der Waals surface area (Å²) in [6.07, 6.45) is 4.27. The van der Waals surface area contributed by atoms with Crippen LogP contribution in [0.25, 0.3) is 0 Å². The molecule has 2 rings (SSSR count). The SMILES string of the molecule is Cn1ccnc1SCc1ccc(C(=O)NCC(C)(C)CCO)o1. The summed E-state index contributed by atoms with van der Waals surface area (Å²) in [6.45, 7) is 4.60. The molecule has 0 spiro atoms. The number of amides is 1. The summed E-state index contributed by atoms with van der Waals surface area (Å²) in [5, 5.41) is 12.8. The van der Waals surface area contributed by atoms with E-state index in [1.807, 2.05) is 37.7 Å². The lowest BCUT2D eigenvalue weighted by Crippen LogP contribution is -2.34. The van der Waals surface area contributed by atoms with Crippen molar-refractivity contribution in [2.75, 3.05) is 13.2 Å². The number of carbonyl (C=O) groups excluding carboxylic acids is 1. The normalized spacial score (nSPS) is 11.7. The zero-order valence-electron chi connectivity index (χ0n) is 13.7. The molecule has 2 aromatic heterocycles. The van der Waals surface area contributed by atoms with Crippen molar-refractivity contribution in [1.82, 2.24) is 14.9 Å². The van der Waals surface area contributed by atoms with Crippen LogP contribution in [0, 0.1) is 5.41 Å². The van der Waals surface area contributed by atoms with Crippen molar-refractivity contribution >= 4 is 17.7 Å². The van der Waals surface area contributed by atoms with E-state index in [1.54, 1.807) is 24.0 Å². The van der Waals surface area contributed by atoms with Gasteiger partial charge in [-0.1, -0.05) is 25.6 Å². The van der Waals surface area contributed by atoms with Gasteiger partial charge in [-0.25, -0.2) is 4.98 Å². The van der Waals surface area contributed by atoms with Crippen molar-refractivity contribution in [3.8, 4) is 0 Å². The van der Waals surface area contributed by atoms with Gasteiger partial charge in [0, 0.05) is 32.6 Å². The van der Waals surface area contributed by atoms with Gasteiger partial charge in [-0.05, 0) is 24.0 Å². The molecule has 2 aromatic rings. The Labute approximate surface area is 140 Å². The number of hydrogen-bond donors (Lipinski definition) is 2. The molecule has 0 aromatic carbocycles. The Morgan fingerprint density at radius 2 is 2.26 bits per heavy atom. The van der Waals surface area contributed by atoms with Crippen LogP contribution in [0.4, 0.5) is 0 Å². The van der Waals surface area contributed by atoms with Crippen molar-refractivity contribution in [3.63, 3.8) is 0 Å². The molecule has 0 fully saturated rings. The molecule has 0 atom stereocenters. The van der Waals surface area contributed by atoms with Gasteiger partial charge in [0.15, 0.2) is 10.9 Å². The number of imidazole rings is 1. The number of aliphatic hydroxyl groups is 1. The third kappa shape index (κ3) is 5.14. The van der Waals surface area contributed by atoms with E-state index in [9.17, 15) is 4.79 Å². The molecule has 0 unspecified atom stereocenters. The third-order valence-electron chi connectivity index (χ3n) is 3.52. The zero-order chi connectivity index (χ0) is 16.9. The highest BCUT2D eigenvalue weighted by atomic mass is 32.2. The van der Waals surface area contributed by atoms with E-state index in [0.717, 1.165) is 10.9 Å². The van der Waals surface area contributed by atoms with Crippen LogP contribution in [-0.2, 0) is 12.8 Å². The summed E-state index contributed by atoms with van der Waals surface area (Å²) < 4.78 is 7.52. The van der Waals surface area contributed by atoms with E-state index < -0.39 is 0 Å². The molecule has 7 heteroatoms. The van der Waals surface area contributed by atoms with E-state index in [0.29, 0.717) is 24.5 Å². The highest BCUT2D eigenvalue weighted by Gasteiger charge is 2.20. The van der Waals surface area contributed by atoms with E-state index in [2.05, 4.69) is 10.3 Å². The van der Waals surface area contributed by atoms with Gasteiger partial charge in [0.25, 0.3) is 5.91 Å². The molecule has 2 N–H and O–H groups in total. The highest BCUT2D eigenvalue weighted by molar-refractivity contribution is 7.98. The zero-order valence-corrected chi connectivity index (χ0v) is 14.5. The fourth-order valence-electron chi connectivity index (χ4n) is 2.00. The Bertz CT molecular complexity index is 649. The second-order valence-corrected chi connectivity index (χ2v) is 7.14. The number of nitrogens with one attached hydrogen (secondary N) is 1. The van der Waals surface area contributed by atoms with E-state index in [4.69, 9.17) is 9.52 Å². The number of aryl methyl sites for hydroxylation is 1. The summed E-state index contributed by atoms with van der Waals surface area (Å²) >= 11 is 1.55. The first-order valence-electron chi connectivity index (χ1n) is 7.49. The minimum absolute atomic E-state index is 0.109. The van der Waals surface area contributed by atoms with Crippen LogP contribution in [-0.4, -0.2) is 33.7 Å². The van der Waals surface area contributed by atoms with Crippen molar-refractivity contribution in [2.24, 2.45) is 12.5 Å². The number of carbonyl (C=O) groups is 1. The van der Waals surface area contributed by atoms with Gasteiger partial charge in [0.05, 0.1) is 5.75 Å². The molecule has 0 aliphatic rings. The van der Waals surface area contributed by atoms with Crippen LogP contribution in [0.15, 0.2) is 34.1 Å². The lowest BCUT2D eigenvalue weighted by Gasteiger charge is -2.23. The second-order valence-electron chi connectivity index (χ2n) is 6.20. The predicted octanol–water partition coefficient (Wildman–Crippen LogP) is 2.44. The van der Waals surface area contributed by atoms with E-state index >= 15 is 0 Å². The number of hydrogen-bond acceptors (Lipinski definition) is 5. The number of furan rings is 1. The van der Waals surface area contributed by atoms with Crippen molar-refractivity contribution in [1.29, 1.82) is 0 Å². The molecule has 23 heavy (non-hydrogen) atoms. The highest BCUT2D eigenvalue weighted by Crippen LogP contribution is 2.22. The largest absolute Gasteiger partial charge is 0.455 e. The number of nitrogens with zero attached hydrogens (tertiary/aromatic N) is 2. The van der Waals surface area contributed by atoms with Crippen molar-refractivity contribution in [3.05, 3.63) is 36.0 Å². The fraction of sp³-hybridized carbons (Fsp3) is 0.500. The maximum atomic E-state index is 12.1. The molecular formula is C16H23N3O3S. The van der Waals surface area contributed by atoms with E-state index in [-0.39, 0.29) is 17.9 Å². The summed E-state index contributed by atoms with van der Waals surface area (Å²) in [5.41, 5.74) is -0.145. The maximum absolute atomic E-state index is 12.1. The molecule has 0 radical (unpaired) electrons. The Morgan fingerprint density at radius 3 is 2.91 bits per heavy atom. The van der Waals surface area contributed by atoms with Crippen LogP contribution in [0.1, 0.15) is 36.6 Å². The summed E-state index contributed by atoms with van der Waals surface area (Å²) in [4.78, 5) is 16.3. The number of thioether (sulfide) groups is 1. The van der Waals surface area contributed by atoms with E-state index in [1.165, 1.54) is 0 Å². The quantitative estimate of drug-likeness (QED) is 0.723. The van der Waals surface area contributed by atoms with Crippen molar-refractivity contribution in [2.45, 2.75) is 31.2 Å². The Kier molecular flexibility index (Phi) is 5.90. The third-order valence-corrected chi connectivity index (χ3v) is 4.60. The predicted molar refractivity (Wildman–Crippen MR) is 89.3 cm³/mol. The lowest BCUT2D eigenvalue weighted by atomic mass is 9.90. The number of aromatic nitrogens is 2. The Morgan fingerprint density at radius 1 is 1.48 bits per heavy atom. The van der Waals surface area contributed by atoms with Crippen LogP contribution in [0.5, 0.6) is 0 Å². The first-order valence-corrected chi connectivity index (χ1v) is 8.48. The molecule has 2 heterocycles. The van der Waals surface area contributed by atoms with Crippen LogP contribution >= 0.6 is 11.8 Å². The average molecular weight is 337 g/mol. The fourth-order valence-corrected chi connectivity index (χ4v) is 2.83. The van der Waals surface area contributed by atoms with Crippen LogP contribution in [0.3, 0.4) is 0 Å². The average Bonchev–Trinajstić information content (AvgIpc) is 3.12. The summed E-state index contributed by atoms with van der Waals surface area (Å²) in [7, 11) is 1.93. The number of aliphatic hydroxyl groups excluding tert-OH is 1. The maximum Gasteiger partial charge on any atom is 0.287 e. The molecule has 0 aliphatic carbocycles. The first-order chi connectivity index (χ1) is 10.9. The summed E-state index contributed by atoms with van der Waals surface area (Å²) in [6, 6.07) is 3.49. The summed E-state index contributed by atoms with van der Waals surface area (Å²) in [5.74, 6) is 1.43. The number of rotatable bonds is 8. The molecule has 1 amide bonds. The topological polar surface area (TPSA) is 80.3 Å². The molecule has 0 saturated heterocycles. The minimum Gasteiger partial charge on any atom is -0.455 e. The van der Waals surface area contributed by atoms with Gasteiger partial charge in [-0.3, -0.25) is 4.79 Å². The van der Waals surface area contributed by atoms with Crippen LogP contribution < -0.4 is 5.32 Å². The van der Waals surface area contributed by atoms with Gasteiger partial charge in [0.1, 0.15) is 5.76 Å². The van der Waals surface area contributed by atoms with Gasteiger partial charge in [-0.2, -0.15) is 0 Å². The minimum atomic E-state index is -0.232. The van der Waals surface area contributed by atoms with Gasteiger partial charge >= 0.3 is 0 Å². The molecular weight excluding hydrogens is 314 g/mol. The molecule has 126 valence electrons. The second kappa shape index (κ2) is 7.70. The molecule has 6 nitrogen and oxygen atoms in total. The molecule has 0 saturated carbocycles. The molecule has 0 bridgehead atoms. The Balaban J connectivity index is 1.86. The lowest BCUT2D eigenvalue weighted by molar-refractivity contribution is 0.0899. The van der Waals surface area contributed by atoms with Crippen molar-refractivity contribution < 1.29 is 14.3 Å². The monoisotopic (exact) mass is 337 g/mol. The molecule has 0 aliphatic heterocycles. The van der Waals surface area contributed by atoms with Gasteiger partial charge in [0.2, 0.25) is 0 Å². The van der Waals surface area contributed by atoms with Gasteiger partial charge < -0.3 is 19.4 Å². The Hall–Kier alpha value is -1.73. The smallest absolute Gasteiger partial charge is 0.287 e. The first kappa shape index (κ1) is 17.6. The van der Waals surface area contributed by atoms with Gasteiger partial charge in [-0.15, -0.1) is 0 Å². The standard InChI is InChI=1S/C16H23N3O3S/c1-16(2,6-9-20)11-18-14(21)13-5-4-12(22-13)10-23-15-17-7-8-19(15)3/h4-5,7-8,20H,6,9-11H2,1-3H3,(H,18,21). The van der Waals surface area contributed by atoms with Crippen LogP contribution in [0.2, 0.25) is 0 Å².